The number of aryl methyl sites for hydroxylation is 4. The predicted molar refractivity (Wildman–Crippen MR) is 190 cm³/mol. The van der Waals surface area contributed by atoms with E-state index in [1.165, 1.54) is 35.1 Å². The molecule has 0 amide bonds. The van der Waals surface area contributed by atoms with Crippen LogP contribution >= 0.6 is 0 Å². The van der Waals surface area contributed by atoms with Gasteiger partial charge in [-0.3, -0.25) is 0 Å². The highest BCUT2D eigenvalue weighted by Crippen LogP contribution is 2.29. The molecule has 6 heteroatoms. The van der Waals surface area contributed by atoms with E-state index in [0.29, 0.717) is 23.6 Å². The lowest BCUT2D eigenvalue weighted by atomic mass is 10.0. The predicted octanol–water partition coefficient (Wildman–Crippen LogP) is 10.3. The van der Waals surface area contributed by atoms with Crippen molar-refractivity contribution in [3.8, 4) is 45.8 Å². The van der Waals surface area contributed by atoms with Crippen molar-refractivity contribution in [2.45, 2.75) is 51.4 Å². The van der Waals surface area contributed by atoms with Gasteiger partial charge in [-0.15, -0.1) is 20.4 Å². The first-order valence-corrected chi connectivity index (χ1v) is 16.8. The second-order valence-electron chi connectivity index (χ2n) is 12.2. The molecule has 0 aliphatic carbocycles. The standard InChI is InChI=1S/C42H38N4O2/c1-3-12-31(13-4-1)16-7-9-18-33-22-26-35(27-23-33)39-43-45-41(47-39)37-20-11-21-38(30-37)42-46-44-40(48-42)36-28-24-34(25-29-36)19-10-8-17-32-14-5-2-6-15-32/h1-6,11-15,20-30H,7-10,16-19H2. The molecule has 0 saturated carbocycles. The van der Waals surface area contributed by atoms with E-state index in [2.05, 4.69) is 130 Å². The van der Waals surface area contributed by atoms with Crippen molar-refractivity contribution in [2.24, 2.45) is 0 Å². The number of aromatic nitrogens is 4. The van der Waals surface area contributed by atoms with Gasteiger partial charge in [-0.25, -0.2) is 0 Å². The Morgan fingerprint density at radius 3 is 1.02 bits per heavy atom. The molecule has 48 heavy (non-hydrogen) atoms. The molecule has 0 atom stereocenters. The summed E-state index contributed by atoms with van der Waals surface area (Å²) in [5.41, 5.74) is 8.79. The summed E-state index contributed by atoms with van der Waals surface area (Å²) in [6, 6.07) is 45.9. The topological polar surface area (TPSA) is 77.8 Å². The number of nitrogens with zero attached hydrogens (tertiary/aromatic N) is 4. The highest BCUT2D eigenvalue weighted by molar-refractivity contribution is 5.66. The van der Waals surface area contributed by atoms with Gasteiger partial charge in [0.1, 0.15) is 0 Å². The van der Waals surface area contributed by atoms with Crippen LogP contribution in [0, 0.1) is 0 Å². The van der Waals surface area contributed by atoms with Crippen LogP contribution in [0.15, 0.2) is 142 Å². The number of hydrogen-bond donors (Lipinski definition) is 0. The van der Waals surface area contributed by atoms with Crippen LogP contribution < -0.4 is 0 Å². The highest BCUT2D eigenvalue weighted by atomic mass is 16.4. The van der Waals surface area contributed by atoms with Gasteiger partial charge in [0.15, 0.2) is 0 Å². The molecule has 7 aromatic rings. The Labute approximate surface area is 281 Å². The van der Waals surface area contributed by atoms with Gasteiger partial charge in [-0.1, -0.05) is 91.0 Å². The largest absolute Gasteiger partial charge is 0.416 e. The van der Waals surface area contributed by atoms with Gasteiger partial charge in [-0.2, -0.15) is 0 Å². The first-order chi connectivity index (χ1) is 23.8. The van der Waals surface area contributed by atoms with Crippen molar-refractivity contribution in [3.63, 3.8) is 0 Å². The molecule has 0 saturated heterocycles. The van der Waals surface area contributed by atoms with Crippen LogP contribution in [0.5, 0.6) is 0 Å². The average Bonchev–Trinajstić information content (AvgIpc) is 3.85. The summed E-state index contributed by atoms with van der Waals surface area (Å²) in [7, 11) is 0. The second kappa shape index (κ2) is 15.3. The lowest BCUT2D eigenvalue weighted by Gasteiger charge is -2.04. The Bertz CT molecular complexity index is 1870. The zero-order chi connectivity index (χ0) is 32.4. The minimum Gasteiger partial charge on any atom is -0.416 e. The summed E-state index contributed by atoms with van der Waals surface area (Å²) in [6.07, 6.45) is 8.97. The molecule has 0 spiro atoms. The molecule has 2 aromatic heterocycles. The van der Waals surface area contributed by atoms with E-state index >= 15 is 0 Å². The fourth-order valence-corrected chi connectivity index (χ4v) is 5.93. The molecule has 6 nitrogen and oxygen atoms in total. The van der Waals surface area contributed by atoms with Gasteiger partial charge < -0.3 is 8.83 Å². The van der Waals surface area contributed by atoms with Gasteiger partial charge in [0, 0.05) is 22.3 Å². The first-order valence-electron chi connectivity index (χ1n) is 16.8. The lowest BCUT2D eigenvalue weighted by molar-refractivity contribution is 0.582. The Balaban J connectivity index is 0.935. The molecular weight excluding hydrogens is 592 g/mol. The molecule has 0 aliphatic heterocycles. The van der Waals surface area contributed by atoms with Crippen LogP contribution in [0.4, 0.5) is 0 Å². The zero-order valence-electron chi connectivity index (χ0n) is 27.0. The van der Waals surface area contributed by atoms with Crippen LogP contribution in [0.25, 0.3) is 45.8 Å². The molecule has 2 heterocycles. The summed E-state index contributed by atoms with van der Waals surface area (Å²) in [6.45, 7) is 0. The minimum atomic E-state index is 0.441. The Morgan fingerprint density at radius 2 is 0.646 bits per heavy atom. The Morgan fingerprint density at radius 1 is 0.312 bits per heavy atom. The molecule has 0 bridgehead atoms. The van der Waals surface area contributed by atoms with Crippen LogP contribution in [0.2, 0.25) is 0 Å². The highest BCUT2D eigenvalue weighted by Gasteiger charge is 2.15. The SMILES string of the molecule is c1ccc(CCCCc2ccc(-c3nnc(-c4cccc(-c5nnc(-c6ccc(CCCCc7ccccc7)cc6)o5)c4)o3)cc2)cc1. The number of unbranched alkanes of at least 4 members (excludes halogenated alkanes) is 2. The fraction of sp³-hybridized carbons (Fsp3) is 0.190. The monoisotopic (exact) mass is 630 g/mol. The number of rotatable bonds is 14. The Hall–Kier alpha value is -5.62. The summed E-state index contributed by atoms with van der Waals surface area (Å²) >= 11 is 0. The van der Waals surface area contributed by atoms with Gasteiger partial charge in [0.25, 0.3) is 0 Å². The fourth-order valence-electron chi connectivity index (χ4n) is 5.93. The summed E-state index contributed by atoms with van der Waals surface area (Å²) in [5.74, 6) is 1.86. The van der Waals surface area contributed by atoms with Crippen LogP contribution in [-0.2, 0) is 25.7 Å². The van der Waals surface area contributed by atoms with Crippen molar-refractivity contribution >= 4 is 0 Å². The van der Waals surface area contributed by atoms with Crippen molar-refractivity contribution < 1.29 is 8.83 Å². The minimum absolute atomic E-state index is 0.441. The molecular formula is C42H38N4O2. The maximum Gasteiger partial charge on any atom is 0.248 e. The maximum atomic E-state index is 6.09. The van der Waals surface area contributed by atoms with Crippen molar-refractivity contribution in [1.82, 2.24) is 20.4 Å². The lowest BCUT2D eigenvalue weighted by Crippen LogP contribution is -1.89. The third kappa shape index (κ3) is 8.02. The molecule has 5 aromatic carbocycles. The van der Waals surface area contributed by atoms with Crippen molar-refractivity contribution in [3.05, 3.63) is 156 Å². The summed E-state index contributed by atoms with van der Waals surface area (Å²) in [5, 5.41) is 17.3. The molecule has 0 aliphatic rings. The molecule has 0 radical (unpaired) electrons. The second-order valence-corrected chi connectivity index (χ2v) is 12.2. The Kier molecular flexibility index (Phi) is 9.89. The third-order valence-corrected chi connectivity index (χ3v) is 8.66. The van der Waals surface area contributed by atoms with Gasteiger partial charge >= 0.3 is 0 Å². The number of benzene rings is 5. The summed E-state index contributed by atoms with van der Waals surface area (Å²) in [4.78, 5) is 0. The average molecular weight is 631 g/mol. The van der Waals surface area contributed by atoms with Crippen LogP contribution in [0.1, 0.15) is 47.9 Å². The number of hydrogen-bond acceptors (Lipinski definition) is 6. The molecule has 0 N–H and O–H groups in total. The van der Waals surface area contributed by atoms with E-state index < -0.39 is 0 Å². The van der Waals surface area contributed by atoms with E-state index in [1.807, 2.05) is 24.3 Å². The van der Waals surface area contributed by atoms with Crippen molar-refractivity contribution in [2.75, 3.05) is 0 Å². The van der Waals surface area contributed by atoms with Gasteiger partial charge in [-0.05, 0) is 116 Å². The molecule has 7 rings (SSSR count). The van der Waals surface area contributed by atoms with Gasteiger partial charge in [0.05, 0.1) is 0 Å². The normalized spacial score (nSPS) is 11.2. The molecule has 0 unspecified atom stereocenters. The molecule has 238 valence electrons. The van der Waals surface area contributed by atoms with E-state index in [0.717, 1.165) is 60.8 Å². The molecule has 0 fully saturated rings. The van der Waals surface area contributed by atoms with Gasteiger partial charge in [0.2, 0.25) is 23.6 Å². The van der Waals surface area contributed by atoms with E-state index in [-0.39, 0.29) is 0 Å². The van der Waals surface area contributed by atoms with Crippen LogP contribution in [-0.4, -0.2) is 20.4 Å². The van der Waals surface area contributed by atoms with E-state index in [1.54, 1.807) is 0 Å². The zero-order valence-corrected chi connectivity index (χ0v) is 27.0. The smallest absolute Gasteiger partial charge is 0.248 e. The quantitative estimate of drug-likeness (QED) is 0.111. The maximum absolute atomic E-state index is 6.09. The first kappa shape index (κ1) is 31.0. The van der Waals surface area contributed by atoms with Crippen molar-refractivity contribution in [1.29, 1.82) is 0 Å². The third-order valence-electron chi connectivity index (χ3n) is 8.66. The van der Waals surface area contributed by atoms with E-state index in [4.69, 9.17) is 8.83 Å². The van der Waals surface area contributed by atoms with E-state index in [9.17, 15) is 0 Å². The summed E-state index contributed by atoms with van der Waals surface area (Å²) < 4.78 is 12.2. The van der Waals surface area contributed by atoms with Crippen LogP contribution in [0.3, 0.4) is 0 Å².